The number of carbonyl (C=O) groups excluding carboxylic acids is 1. The highest BCUT2D eigenvalue weighted by Crippen LogP contribution is 1.89. The number of hydrogen-bond donors (Lipinski definition) is 2. The first-order valence-electron chi connectivity index (χ1n) is 2.80. The van der Waals surface area contributed by atoms with Crippen LogP contribution < -0.4 is 11.3 Å². The smallest absolute Gasteiger partial charge is 0.324 e. The molecule has 3 N–H and O–H groups in total. The zero-order valence-corrected chi connectivity index (χ0v) is 6.90. The number of hydrazine groups is 1. The highest BCUT2D eigenvalue weighted by molar-refractivity contribution is 5.85. The zero-order valence-electron chi connectivity index (χ0n) is 6.09. The van der Waals surface area contributed by atoms with E-state index in [0.717, 1.165) is 0 Å². The quantitative estimate of drug-likeness (QED) is 0.349. The lowest BCUT2D eigenvalue weighted by molar-refractivity contribution is -0.143. The van der Waals surface area contributed by atoms with E-state index in [-0.39, 0.29) is 24.4 Å². The number of hydrogen-bond acceptors (Lipinski definition) is 4. The van der Waals surface area contributed by atoms with Crippen LogP contribution in [-0.2, 0) is 9.53 Å². The van der Waals surface area contributed by atoms with Crippen LogP contribution in [-0.4, -0.2) is 19.1 Å². The summed E-state index contributed by atoms with van der Waals surface area (Å²) >= 11 is 0. The number of esters is 1. The summed E-state index contributed by atoms with van der Waals surface area (Å²) in [4.78, 5) is 10.6. The Morgan fingerprint density at radius 3 is 2.40 bits per heavy atom. The predicted octanol–water partition coefficient (Wildman–Crippen LogP) is -0.177. The van der Waals surface area contributed by atoms with Gasteiger partial charge in [0.25, 0.3) is 0 Å². The topological polar surface area (TPSA) is 64.3 Å². The van der Waals surface area contributed by atoms with Crippen LogP contribution in [0.25, 0.3) is 0 Å². The maximum absolute atomic E-state index is 10.6. The average Bonchev–Trinajstić information content (AvgIpc) is 1.90. The highest BCUT2D eigenvalue weighted by atomic mass is 35.5. The third kappa shape index (κ3) is 3.66. The number of nitrogens with two attached hydrogens (primary N) is 1. The molecular weight excluding hydrogens is 156 g/mol. The van der Waals surface area contributed by atoms with Gasteiger partial charge in [-0.25, -0.2) is 5.43 Å². The Labute approximate surface area is 66.5 Å². The van der Waals surface area contributed by atoms with Crippen molar-refractivity contribution in [1.29, 1.82) is 0 Å². The second-order valence-corrected chi connectivity index (χ2v) is 1.65. The lowest BCUT2D eigenvalue weighted by atomic mass is 10.2. The second-order valence-electron chi connectivity index (χ2n) is 1.65. The van der Waals surface area contributed by atoms with Crippen LogP contribution in [0.4, 0.5) is 0 Å². The molecule has 0 aliphatic carbocycles. The first-order chi connectivity index (χ1) is 4.26. The molecule has 5 heteroatoms. The summed E-state index contributed by atoms with van der Waals surface area (Å²) in [6.07, 6.45) is 0.642. The van der Waals surface area contributed by atoms with Crippen LogP contribution in [0.5, 0.6) is 0 Å². The summed E-state index contributed by atoms with van der Waals surface area (Å²) in [7, 11) is 1.34. The van der Waals surface area contributed by atoms with Crippen molar-refractivity contribution in [2.45, 2.75) is 19.4 Å². The van der Waals surface area contributed by atoms with Gasteiger partial charge in [0, 0.05) is 0 Å². The van der Waals surface area contributed by atoms with E-state index in [0.29, 0.717) is 6.42 Å². The monoisotopic (exact) mass is 168 g/mol. The summed E-state index contributed by atoms with van der Waals surface area (Å²) in [6.45, 7) is 1.85. The maximum Gasteiger partial charge on any atom is 0.324 e. The molecule has 0 aromatic rings. The van der Waals surface area contributed by atoms with Crippen molar-refractivity contribution in [3.63, 3.8) is 0 Å². The van der Waals surface area contributed by atoms with E-state index in [2.05, 4.69) is 10.2 Å². The summed E-state index contributed by atoms with van der Waals surface area (Å²) in [5, 5.41) is 0. The van der Waals surface area contributed by atoms with Gasteiger partial charge >= 0.3 is 5.97 Å². The minimum atomic E-state index is -0.366. The molecule has 1 unspecified atom stereocenters. The van der Waals surface area contributed by atoms with Crippen molar-refractivity contribution in [1.82, 2.24) is 5.43 Å². The molecule has 0 fully saturated rings. The fourth-order valence-electron chi connectivity index (χ4n) is 0.495. The van der Waals surface area contributed by atoms with Gasteiger partial charge in [0.15, 0.2) is 0 Å². The molecule has 0 heterocycles. The summed E-state index contributed by atoms with van der Waals surface area (Å²) in [6, 6.07) is -0.366. The van der Waals surface area contributed by atoms with E-state index in [1.165, 1.54) is 7.11 Å². The van der Waals surface area contributed by atoms with Crippen molar-refractivity contribution < 1.29 is 9.53 Å². The molecule has 0 saturated carbocycles. The van der Waals surface area contributed by atoms with Crippen LogP contribution in [0.3, 0.4) is 0 Å². The third-order valence-corrected chi connectivity index (χ3v) is 1.10. The largest absolute Gasteiger partial charge is 0.468 e. The molecule has 1 atom stereocenters. The Hall–Kier alpha value is -0.320. The van der Waals surface area contributed by atoms with Gasteiger partial charge in [0.1, 0.15) is 6.04 Å². The molecule has 0 rings (SSSR count). The number of ether oxygens (including phenoxy) is 1. The summed E-state index contributed by atoms with van der Waals surface area (Å²) < 4.78 is 4.41. The molecule has 0 aliphatic heterocycles. The Bertz CT molecular complexity index is 95.6. The lowest BCUT2D eigenvalue weighted by Gasteiger charge is -2.08. The van der Waals surface area contributed by atoms with E-state index in [1.807, 2.05) is 6.92 Å². The predicted molar refractivity (Wildman–Crippen MR) is 40.7 cm³/mol. The van der Waals surface area contributed by atoms with Gasteiger partial charge in [0.2, 0.25) is 0 Å². The molecule has 62 valence electrons. The van der Waals surface area contributed by atoms with Crippen molar-refractivity contribution in [3.05, 3.63) is 0 Å². The van der Waals surface area contributed by atoms with Crippen LogP contribution in [0.15, 0.2) is 0 Å². The van der Waals surface area contributed by atoms with E-state index < -0.39 is 0 Å². The zero-order chi connectivity index (χ0) is 7.28. The van der Waals surface area contributed by atoms with Crippen LogP contribution in [0.1, 0.15) is 13.3 Å². The summed E-state index contributed by atoms with van der Waals surface area (Å²) in [5.74, 6) is 4.69. The molecule has 0 amide bonds. The second kappa shape index (κ2) is 6.80. The molecule has 0 aromatic carbocycles. The van der Waals surface area contributed by atoms with E-state index in [9.17, 15) is 4.79 Å². The minimum absolute atomic E-state index is 0. The number of nitrogens with one attached hydrogen (secondary N) is 1. The average molecular weight is 169 g/mol. The van der Waals surface area contributed by atoms with Crippen molar-refractivity contribution in [2.24, 2.45) is 5.84 Å². The van der Waals surface area contributed by atoms with Crippen molar-refractivity contribution in [3.8, 4) is 0 Å². The Balaban J connectivity index is 0. The normalized spacial score (nSPS) is 11.5. The fourth-order valence-corrected chi connectivity index (χ4v) is 0.495. The first kappa shape index (κ1) is 12.4. The third-order valence-electron chi connectivity index (χ3n) is 1.10. The van der Waals surface area contributed by atoms with Crippen LogP contribution >= 0.6 is 12.4 Å². The van der Waals surface area contributed by atoms with E-state index in [1.54, 1.807) is 0 Å². The number of rotatable bonds is 3. The Morgan fingerprint density at radius 2 is 2.30 bits per heavy atom. The molecule has 4 nitrogen and oxygen atoms in total. The number of methoxy groups -OCH3 is 1. The molecule has 0 radical (unpaired) electrons. The lowest BCUT2D eigenvalue weighted by Crippen LogP contribution is -2.41. The highest BCUT2D eigenvalue weighted by Gasteiger charge is 2.13. The molecule has 0 aliphatic rings. The van der Waals surface area contributed by atoms with Gasteiger partial charge in [-0.1, -0.05) is 6.92 Å². The SMILES string of the molecule is CCC(NN)C(=O)OC.Cl. The van der Waals surface area contributed by atoms with Gasteiger partial charge in [-0.3, -0.25) is 10.6 Å². The number of halogens is 1. The van der Waals surface area contributed by atoms with Crippen LogP contribution in [0.2, 0.25) is 0 Å². The summed E-state index contributed by atoms with van der Waals surface area (Å²) in [5.41, 5.74) is 2.33. The molecular formula is C5H13ClN2O2. The molecule has 0 bridgehead atoms. The van der Waals surface area contributed by atoms with E-state index >= 15 is 0 Å². The van der Waals surface area contributed by atoms with Gasteiger partial charge in [-0.15, -0.1) is 12.4 Å². The van der Waals surface area contributed by atoms with Gasteiger partial charge in [-0.05, 0) is 6.42 Å². The van der Waals surface area contributed by atoms with E-state index in [4.69, 9.17) is 5.84 Å². The molecule has 0 aromatic heterocycles. The maximum atomic E-state index is 10.6. The minimum Gasteiger partial charge on any atom is -0.468 e. The molecule has 10 heavy (non-hydrogen) atoms. The molecule has 0 saturated heterocycles. The Morgan fingerprint density at radius 1 is 1.80 bits per heavy atom. The van der Waals surface area contributed by atoms with Crippen molar-refractivity contribution in [2.75, 3.05) is 7.11 Å². The standard InChI is InChI=1S/C5H12N2O2.ClH/c1-3-4(7-6)5(8)9-2;/h4,7H,3,6H2,1-2H3;1H. The number of carbonyl (C=O) groups is 1. The molecule has 0 spiro atoms. The van der Waals surface area contributed by atoms with Gasteiger partial charge in [-0.2, -0.15) is 0 Å². The first-order valence-corrected chi connectivity index (χ1v) is 2.80. The van der Waals surface area contributed by atoms with Gasteiger partial charge < -0.3 is 4.74 Å². The fraction of sp³-hybridized carbons (Fsp3) is 0.800. The van der Waals surface area contributed by atoms with Gasteiger partial charge in [0.05, 0.1) is 7.11 Å². The Kier molecular flexibility index (Phi) is 8.40. The van der Waals surface area contributed by atoms with Crippen molar-refractivity contribution >= 4 is 18.4 Å². The van der Waals surface area contributed by atoms with Crippen LogP contribution in [0, 0.1) is 0 Å².